The van der Waals surface area contributed by atoms with Crippen LogP contribution in [0, 0.1) is 11.3 Å². The van der Waals surface area contributed by atoms with Crippen molar-refractivity contribution in [3.8, 4) is 11.5 Å². The van der Waals surface area contributed by atoms with Crippen LogP contribution in [-0.2, 0) is 10.2 Å². The van der Waals surface area contributed by atoms with E-state index in [1.54, 1.807) is 7.11 Å². The van der Waals surface area contributed by atoms with Gasteiger partial charge in [0.25, 0.3) is 6.47 Å². The summed E-state index contributed by atoms with van der Waals surface area (Å²) < 4.78 is 10.3. The van der Waals surface area contributed by atoms with Crippen molar-refractivity contribution < 1.29 is 14.3 Å². The predicted octanol–water partition coefficient (Wildman–Crippen LogP) is 5.36. The van der Waals surface area contributed by atoms with E-state index in [1.807, 2.05) is 24.3 Å². The van der Waals surface area contributed by atoms with Crippen molar-refractivity contribution in [2.45, 2.75) is 45.4 Å². The van der Waals surface area contributed by atoms with Crippen LogP contribution in [0.2, 0.25) is 0 Å². The van der Waals surface area contributed by atoms with Gasteiger partial charge in [0.05, 0.1) is 7.11 Å². The number of carbonyl (C=O) groups is 1. The molecule has 0 heterocycles. The van der Waals surface area contributed by atoms with E-state index < -0.39 is 0 Å². The normalized spacial score (nSPS) is 24.7. The number of ether oxygens (including phenoxy) is 2. The van der Waals surface area contributed by atoms with Gasteiger partial charge in [-0.3, -0.25) is 4.79 Å². The second-order valence-electron chi connectivity index (χ2n) is 8.14. The topological polar surface area (TPSA) is 35.5 Å². The first kappa shape index (κ1) is 18.5. The summed E-state index contributed by atoms with van der Waals surface area (Å²) in [6.45, 7) is 7.58. The molecule has 0 saturated heterocycles. The molecular weight excluding hydrogens is 324 g/mol. The molecule has 3 heteroatoms. The SMILES string of the molecule is COc1ccc(C2(c3ccc(OC=O)cc3)CCC(C)(C)C(C)C2)cc1. The fraction of sp³-hybridized carbons (Fsp3) is 0.435. The lowest BCUT2D eigenvalue weighted by Gasteiger charge is -2.48. The fourth-order valence-electron chi connectivity index (χ4n) is 4.19. The third-order valence-corrected chi connectivity index (χ3v) is 6.42. The Morgan fingerprint density at radius 3 is 1.92 bits per heavy atom. The average molecular weight is 352 g/mol. The van der Waals surface area contributed by atoms with Crippen molar-refractivity contribution >= 4 is 6.47 Å². The maximum atomic E-state index is 10.6. The molecule has 1 saturated carbocycles. The first-order valence-electron chi connectivity index (χ1n) is 9.27. The number of carbonyl (C=O) groups excluding carboxylic acids is 1. The quantitative estimate of drug-likeness (QED) is 0.679. The summed E-state index contributed by atoms with van der Waals surface area (Å²) in [6, 6.07) is 16.5. The van der Waals surface area contributed by atoms with Crippen molar-refractivity contribution in [1.29, 1.82) is 0 Å². The van der Waals surface area contributed by atoms with Crippen LogP contribution in [0.4, 0.5) is 0 Å². The molecule has 0 amide bonds. The highest BCUT2D eigenvalue weighted by Gasteiger charge is 2.44. The fourth-order valence-corrected chi connectivity index (χ4v) is 4.19. The molecule has 26 heavy (non-hydrogen) atoms. The zero-order valence-corrected chi connectivity index (χ0v) is 16.1. The molecule has 138 valence electrons. The van der Waals surface area contributed by atoms with Crippen LogP contribution in [0.15, 0.2) is 48.5 Å². The van der Waals surface area contributed by atoms with Crippen molar-refractivity contribution in [3.63, 3.8) is 0 Å². The van der Waals surface area contributed by atoms with Gasteiger partial charge in [0, 0.05) is 5.41 Å². The summed E-state index contributed by atoms with van der Waals surface area (Å²) >= 11 is 0. The van der Waals surface area contributed by atoms with Crippen LogP contribution >= 0.6 is 0 Å². The molecule has 0 bridgehead atoms. The first-order chi connectivity index (χ1) is 12.4. The molecule has 3 rings (SSSR count). The summed E-state index contributed by atoms with van der Waals surface area (Å²) in [6.07, 6.45) is 3.37. The van der Waals surface area contributed by atoms with Gasteiger partial charge in [-0.2, -0.15) is 0 Å². The lowest BCUT2D eigenvalue weighted by Crippen LogP contribution is -2.40. The Balaban J connectivity index is 2.05. The number of hydrogen-bond donors (Lipinski definition) is 0. The van der Waals surface area contributed by atoms with E-state index in [1.165, 1.54) is 17.5 Å². The van der Waals surface area contributed by atoms with E-state index in [-0.39, 0.29) is 5.41 Å². The molecule has 1 fully saturated rings. The molecule has 0 spiro atoms. The number of benzene rings is 2. The van der Waals surface area contributed by atoms with Gasteiger partial charge >= 0.3 is 0 Å². The molecule has 2 unspecified atom stereocenters. The third-order valence-electron chi connectivity index (χ3n) is 6.42. The minimum atomic E-state index is -0.0269. The number of hydrogen-bond acceptors (Lipinski definition) is 3. The van der Waals surface area contributed by atoms with E-state index in [0.29, 0.717) is 23.6 Å². The summed E-state index contributed by atoms with van der Waals surface area (Å²) in [5, 5.41) is 0. The monoisotopic (exact) mass is 352 g/mol. The summed E-state index contributed by atoms with van der Waals surface area (Å²) in [4.78, 5) is 10.6. The molecule has 1 aliphatic carbocycles. The van der Waals surface area contributed by atoms with Crippen LogP contribution in [0.25, 0.3) is 0 Å². The second kappa shape index (κ2) is 7.14. The smallest absolute Gasteiger partial charge is 0.298 e. The molecule has 1 aliphatic rings. The van der Waals surface area contributed by atoms with Gasteiger partial charge in [-0.05, 0) is 66.0 Å². The van der Waals surface area contributed by atoms with Gasteiger partial charge in [0.1, 0.15) is 11.5 Å². The molecule has 3 nitrogen and oxygen atoms in total. The van der Waals surface area contributed by atoms with Gasteiger partial charge in [0.2, 0.25) is 0 Å². The van der Waals surface area contributed by atoms with Gasteiger partial charge in [0.15, 0.2) is 0 Å². The first-order valence-corrected chi connectivity index (χ1v) is 9.27. The predicted molar refractivity (Wildman–Crippen MR) is 104 cm³/mol. The third kappa shape index (κ3) is 3.35. The van der Waals surface area contributed by atoms with Gasteiger partial charge in [-0.15, -0.1) is 0 Å². The Labute approximate surface area is 156 Å². The van der Waals surface area contributed by atoms with Crippen LogP contribution in [0.5, 0.6) is 11.5 Å². The van der Waals surface area contributed by atoms with Crippen molar-refractivity contribution in [3.05, 3.63) is 59.7 Å². The lowest BCUT2D eigenvalue weighted by atomic mass is 9.56. The molecule has 0 N–H and O–H groups in total. The average Bonchev–Trinajstić information content (AvgIpc) is 2.65. The zero-order chi connectivity index (χ0) is 18.8. The summed E-state index contributed by atoms with van der Waals surface area (Å²) in [7, 11) is 1.70. The van der Waals surface area contributed by atoms with Crippen molar-refractivity contribution in [2.24, 2.45) is 11.3 Å². The largest absolute Gasteiger partial charge is 0.497 e. The van der Waals surface area contributed by atoms with Crippen LogP contribution < -0.4 is 9.47 Å². The minimum Gasteiger partial charge on any atom is -0.497 e. The van der Waals surface area contributed by atoms with Crippen molar-refractivity contribution in [2.75, 3.05) is 7.11 Å². The van der Waals surface area contributed by atoms with E-state index in [4.69, 9.17) is 9.47 Å². The molecule has 0 radical (unpaired) electrons. The molecule has 2 aromatic rings. The summed E-state index contributed by atoms with van der Waals surface area (Å²) in [5.74, 6) is 2.06. The maximum absolute atomic E-state index is 10.6. The van der Waals surface area contributed by atoms with Gasteiger partial charge in [-0.25, -0.2) is 0 Å². The van der Waals surface area contributed by atoms with Gasteiger partial charge < -0.3 is 9.47 Å². The van der Waals surface area contributed by atoms with Crippen LogP contribution in [0.1, 0.15) is 51.2 Å². The van der Waals surface area contributed by atoms with Crippen LogP contribution in [-0.4, -0.2) is 13.6 Å². The lowest BCUT2D eigenvalue weighted by molar-refractivity contribution is -0.120. The van der Waals surface area contributed by atoms with E-state index in [9.17, 15) is 4.79 Å². The van der Waals surface area contributed by atoms with Crippen LogP contribution in [0.3, 0.4) is 0 Å². The van der Waals surface area contributed by atoms with Crippen molar-refractivity contribution in [1.82, 2.24) is 0 Å². The highest BCUT2D eigenvalue weighted by atomic mass is 16.5. The highest BCUT2D eigenvalue weighted by molar-refractivity contribution is 5.48. The molecule has 0 aromatic heterocycles. The maximum Gasteiger partial charge on any atom is 0.298 e. The summed E-state index contributed by atoms with van der Waals surface area (Å²) in [5.41, 5.74) is 2.92. The Morgan fingerprint density at radius 2 is 1.46 bits per heavy atom. The van der Waals surface area contributed by atoms with E-state index in [2.05, 4.69) is 45.0 Å². The van der Waals surface area contributed by atoms with E-state index in [0.717, 1.165) is 18.6 Å². The Bertz CT molecular complexity index is 746. The molecule has 0 aliphatic heterocycles. The highest BCUT2D eigenvalue weighted by Crippen LogP contribution is 2.53. The van der Waals surface area contributed by atoms with E-state index >= 15 is 0 Å². The standard InChI is InChI=1S/C23H28O3/c1-17-15-23(14-13-22(17,2)3,18-5-9-20(25-4)10-6-18)19-7-11-21(12-8-19)26-16-24/h5-12,16-17H,13-15H2,1-4H3. The number of methoxy groups -OCH3 is 1. The molecule has 2 aromatic carbocycles. The number of rotatable bonds is 5. The Hall–Kier alpha value is -2.29. The molecule has 2 atom stereocenters. The Morgan fingerprint density at radius 1 is 0.923 bits per heavy atom. The minimum absolute atomic E-state index is 0.0269. The molecular formula is C23H28O3. The second-order valence-corrected chi connectivity index (χ2v) is 8.14. The zero-order valence-electron chi connectivity index (χ0n) is 16.1. The Kier molecular flexibility index (Phi) is 5.08. The van der Waals surface area contributed by atoms with Gasteiger partial charge in [-0.1, -0.05) is 45.0 Å².